The van der Waals surface area contributed by atoms with Crippen LogP contribution in [0.5, 0.6) is 0 Å². The third kappa shape index (κ3) is 3.89. The number of nitrogens with zero attached hydrogens (tertiary/aromatic N) is 1. The molecule has 0 fully saturated rings. The van der Waals surface area contributed by atoms with E-state index in [-0.39, 0.29) is 18.5 Å². The molecule has 6 heteroatoms. The maximum Gasteiger partial charge on any atom is 0.303 e. The van der Waals surface area contributed by atoms with E-state index in [0.29, 0.717) is 11.1 Å². The van der Waals surface area contributed by atoms with Crippen molar-refractivity contribution in [3.8, 4) is 11.1 Å². The zero-order valence-corrected chi connectivity index (χ0v) is 11.7. The summed E-state index contributed by atoms with van der Waals surface area (Å²) in [6.07, 6.45) is -0.797. The molecule has 1 unspecified atom stereocenters. The van der Waals surface area contributed by atoms with Crippen LogP contribution in [-0.4, -0.2) is 21.1 Å². The van der Waals surface area contributed by atoms with Crippen molar-refractivity contribution in [2.75, 3.05) is 0 Å². The average molecular weight is 301 g/mol. The van der Waals surface area contributed by atoms with Gasteiger partial charge in [0.25, 0.3) is 5.69 Å². The molecule has 0 aliphatic carbocycles. The molecule has 0 aliphatic heterocycles. The number of nitro benzene ring substituents is 1. The van der Waals surface area contributed by atoms with E-state index < -0.39 is 17.0 Å². The lowest BCUT2D eigenvalue weighted by Crippen LogP contribution is -2.02. The molecule has 114 valence electrons. The van der Waals surface area contributed by atoms with Crippen LogP contribution >= 0.6 is 0 Å². The Kier molecular flexibility index (Phi) is 4.85. The molecule has 0 heterocycles. The molecule has 2 N–H and O–H groups in total. The minimum absolute atomic E-state index is 0.0167. The summed E-state index contributed by atoms with van der Waals surface area (Å²) in [5.74, 6) is -0.952. The second kappa shape index (κ2) is 6.82. The van der Waals surface area contributed by atoms with Gasteiger partial charge in [-0.3, -0.25) is 14.9 Å². The summed E-state index contributed by atoms with van der Waals surface area (Å²) >= 11 is 0. The summed E-state index contributed by atoms with van der Waals surface area (Å²) in [5, 5.41) is 29.3. The van der Waals surface area contributed by atoms with Crippen LogP contribution < -0.4 is 0 Å². The van der Waals surface area contributed by atoms with E-state index in [4.69, 9.17) is 5.11 Å². The minimum Gasteiger partial charge on any atom is -0.481 e. The Balaban J connectivity index is 2.16. The molecule has 1 atom stereocenters. The van der Waals surface area contributed by atoms with Crippen molar-refractivity contribution < 1.29 is 19.9 Å². The Labute approximate surface area is 126 Å². The van der Waals surface area contributed by atoms with Crippen molar-refractivity contribution in [2.24, 2.45) is 0 Å². The first-order valence-electron chi connectivity index (χ1n) is 6.72. The van der Waals surface area contributed by atoms with Gasteiger partial charge in [0.1, 0.15) is 0 Å². The first-order chi connectivity index (χ1) is 10.5. The fourth-order valence-electron chi connectivity index (χ4n) is 2.12. The number of aliphatic hydroxyl groups excluding tert-OH is 1. The number of nitro groups is 1. The number of rotatable bonds is 6. The van der Waals surface area contributed by atoms with E-state index >= 15 is 0 Å². The van der Waals surface area contributed by atoms with Gasteiger partial charge in [-0.2, -0.15) is 0 Å². The summed E-state index contributed by atoms with van der Waals surface area (Å²) in [5.41, 5.74) is 2.14. The summed E-state index contributed by atoms with van der Waals surface area (Å²) in [7, 11) is 0. The number of hydrogen-bond acceptors (Lipinski definition) is 4. The van der Waals surface area contributed by atoms with Gasteiger partial charge >= 0.3 is 5.97 Å². The number of carboxylic acid groups (broad SMARTS) is 1. The van der Waals surface area contributed by atoms with Crippen molar-refractivity contribution in [3.63, 3.8) is 0 Å². The fraction of sp³-hybridized carbons (Fsp3) is 0.188. The van der Waals surface area contributed by atoms with E-state index in [1.54, 1.807) is 36.4 Å². The topological polar surface area (TPSA) is 101 Å². The van der Waals surface area contributed by atoms with Gasteiger partial charge in [-0.05, 0) is 23.1 Å². The molecule has 2 aromatic rings. The van der Waals surface area contributed by atoms with Gasteiger partial charge in [0.2, 0.25) is 0 Å². The van der Waals surface area contributed by atoms with E-state index in [1.165, 1.54) is 12.1 Å². The Morgan fingerprint density at radius 3 is 2.41 bits per heavy atom. The quantitative estimate of drug-likeness (QED) is 0.630. The lowest BCUT2D eigenvalue weighted by atomic mass is 10.00. The van der Waals surface area contributed by atoms with Gasteiger partial charge in [-0.15, -0.1) is 0 Å². The van der Waals surface area contributed by atoms with Crippen LogP contribution in [-0.2, 0) is 4.79 Å². The number of hydrogen-bond donors (Lipinski definition) is 2. The number of carbonyl (C=O) groups is 1. The molecule has 22 heavy (non-hydrogen) atoms. The Bertz CT molecular complexity index is 681. The first kappa shape index (κ1) is 15.7. The summed E-state index contributed by atoms with van der Waals surface area (Å²) < 4.78 is 0. The van der Waals surface area contributed by atoms with Crippen molar-refractivity contribution >= 4 is 11.7 Å². The van der Waals surface area contributed by atoms with E-state index in [2.05, 4.69) is 0 Å². The minimum atomic E-state index is -0.952. The zero-order chi connectivity index (χ0) is 16.1. The van der Waals surface area contributed by atoms with Gasteiger partial charge in [0.15, 0.2) is 0 Å². The van der Waals surface area contributed by atoms with Gasteiger partial charge in [-0.1, -0.05) is 36.4 Å². The second-order valence-electron chi connectivity index (χ2n) is 4.88. The van der Waals surface area contributed by atoms with Crippen LogP contribution in [0.3, 0.4) is 0 Å². The molecule has 0 aromatic heterocycles. The summed E-state index contributed by atoms with van der Waals surface area (Å²) in [6.45, 7) is 0. The molecule has 0 bridgehead atoms. The smallest absolute Gasteiger partial charge is 0.303 e. The molecule has 0 saturated heterocycles. The van der Waals surface area contributed by atoms with Gasteiger partial charge in [0, 0.05) is 18.6 Å². The SMILES string of the molecule is O=C(O)CCC(O)c1ccc(-c2cccc([N+](=O)[O-])c2)cc1. The van der Waals surface area contributed by atoms with Crippen molar-refractivity contribution in [2.45, 2.75) is 18.9 Å². The largest absolute Gasteiger partial charge is 0.481 e. The van der Waals surface area contributed by atoms with Crippen LogP contribution in [0, 0.1) is 10.1 Å². The van der Waals surface area contributed by atoms with Gasteiger partial charge in [0.05, 0.1) is 11.0 Å². The van der Waals surface area contributed by atoms with Gasteiger partial charge < -0.3 is 10.2 Å². The molecule has 0 amide bonds. The number of benzene rings is 2. The summed E-state index contributed by atoms with van der Waals surface area (Å²) in [6, 6.07) is 13.2. The van der Waals surface area contributed by atoms with Crippen LogP contribution in [0.4, 0.5) is 5.69 Å². The van der Waals surface area contributed by atoms with E-state index in [1.807, 2.05) is 0 Å². The van der Waals surface area contributed by atoms with Gasteiger partial charge in [-0.25, -0.2) is 0 Å². The number of aliphatic carboxylic acids is 1. The maximum absolute atomic E-state index is 10.8. The highest BCUT2D eigenvalue weighted by atomic mass is 16.6. The van der Waals surface area contributed by atoms with E-state index in [0.717, 1.165) is 5.56 Å². The van der Waals surface area contributed by atoms with Crippen LogP contribution in [0.2, 0.25) is 0 Å². The highest BCUT2D eigenvalue weighted by Gasteiger charge is 2.11. The predicted molar refractivity (Wildman–Crippen MR) is 80.4 cm³/mol. The fourth-order valence-corrected chi connectivity index (χ4v) is 2.12. The monoisotopic (exact) mass is 301 g/mol. The zero-order valence-electron chi connectivity index (χ0n) is 11.7. The molecule has 0 saturated carbocycles. The molecule has 2 rings (SSSR count). The highest BCUT2D eigenvalue weighted by Crippen LogP contribution is 2.26. The van der Waals surface area contributed by atoms with Crippen LogP contribution in [0.25, 0.3) is 11.1 Å². The molecule has 0 radical (unpaired) electrons. The second-order valence-corrected chi connectivity index (χ2v) is 4.88. The average Bonchev–Trinajstić information content (AvgIpc) is 2.53. The lowest BCUT2D eigenvalue weighted by molar-refractivity contribution is -0.384. The molecule has 2 aromatic carbocycles. The molecular formula is C16H15NO5. The molecule has 0 aliphatic rings. The summed E-state index contributed by atoms with van der Waals surface area (Å²) in [4.78, 5) is 20.8. The highest BCUT2D eigenvalue weighted by molar-refractivity contribution is 5.67. The Hall–Kier alpha value is -2.73. The maximum atomic E-state index is 10.8. The third-order valence-electron chi connectivity index (χ3n) is 3.32. The van der Waals surface area contributed by atoms with Crippen molar-refractivity contribution in [1.82, 2.24) is 0 Å². The third-order valence-corrected chi connectivity index (χ3v) is 3.32. The Morgan fingerprint density at radius 1 is 1.14 bits per heavy atom. The normalized spacial score (nSPS) is 11.9. The van der Waals surface area contributed by atoms with Crippen LogP contribution in [0.15, 0.2) is 48.5 Å². The predicted octanol–water partition coefficient (Wildman–Crippen LogP) is 3.16. The molecule has 6 nitrogen and oxygen atoms in total. The van der Waals surface area contributed by atoms with E-state index in [9.17, 15) is 20.0 Å². The first-order valence-corrected chi connectivity index (χ1v) is 6.72. The van der Waals surface area contributed by atoms with Crippen LogP contribution in [0.1, 0.15) is 24.5 Å². The standard InChI is InChI=1S/C16H15NO5/c18-15(8-9-16(19)20)12-6-4-11(5-7-12)13-2-1-3-14(10-13)17(21)22/h1-7,10,15,18H,8-9H2,(H,19,20). The van der Waals surface area contributed by atoms with Crippen molar-refractivity contribution in [1.29, 1.82) is 0 Å². The number of carboxylic acids is 1. The molecular weight excluding hydrogens is 286 g/mol. The Morgan fingerprint density at radius 2 is 1.82 bits per heavy atom. The number of non-ortho nitro benzene ring substituents is 1. The lowest BCUT2D eigenvalue weighted by Gasteiger charge is -2.10. The number of aliphatic hydroxyl groups is 1. The van der Waals surface area contributed by atoms with Crippen molar-refractivity contribution in [3.05, 3.63) is 64.2 Å². The molecule has 0 spiro atoms.